The highest BCUT2D eigenvalue weighted by atomic mass is 35.5. The largest absolute Gasteiger partial charge is 0.468 e. The number of ether oxygens (including phenoxy) is 2. The fraction of sp³-hybridized carbons (Fsp3) is 0.500. The minimum absolute atomic E-state index is 0.0578. The lowest BCUT2D eigenvalue weighted by Gasteiger charge is -2.23. The van der Waals surface area contributed by atoms with E-state index in [9.17, 15) is 18.0 Å². The minimum Gasteiger partial charge on any atom is -0.468 e. The van der Waals surface area contributed by atoms with E-state index in [2.05, 4.69) is 0 Å². The first-order valence-electron chi connectivity index (χ1n) is 7.51. The number of hydrogen-bond acceptors (Lipinski definition) is 7. The summed E-state index contributed by atoms with van der Waals surface area (Å²) in [5, 5.41) is 0.545. The van der Waals surface area contributed by atoms with Crippen molar-refractivity contribution in [3.8, 4) is 0 Å². The first-order chi connectivity index (χ1) is 12.0. The molecule has 1 fully saturated rings. The Balaban J connectivity index is 2.51. The molecule has 0 saturated heterocycles. The Morgan fingerprint density at radius 1 is 1.12 bits per heavy atom. The third kappa shape index (κ3) is 3.55. The quantitative estimate of drug-likeness (QED) is 0.376. The highest BCUT2D eigenvalue weighted by Gasteiger charge is 2.78. The van der Waals surface area contributed by atoms with Crippen molar-refractivity contribution in [2.45, 2.75) is 18.3 Å². The van der Waals surface area contributed by atoms with E-state index in [1.54, 1.807) is 6.07 Å². The van der Waals surface area contributed by atoms with Crippen LogP contribution < -0.4 is 0 Å². The van der Waals surface area contributed by atoms with Crippen LogP contribution in [-0.2, 0) is 38.8 Å². The van der Waals surface area contributed by atoms with E-state index in [1.807, 2.05) is 0 Å². The Bertz CT molecular complexity index is 821. The minimum atomic E-state index is -3.68. The van der Waals surface area contributed by atoms with Crippen LogP contribution in [0.5, 0.6) is 0 Å². The molecule has 26 heavy (non-hydrogen) atoms. The predicted octanol–water partition coefficient (Wildman–Crippen LogP) is 2.33. The SMILES string of the molecule is COC(=O)C1(C(=O)OC)CC1(CCOS(C)(=O)=O)c1ccc(Cl)c(Cl)c1. The molecule has 1 aromatic rings. The summed E-state index contributed by atoms with van der Waals surface area (Å²) in [6, 6.07) is 4.70. The molecule has 0 aromatic heterocycles. The first kappa shape index (κ1) is 21.0. The molecule has 1 aliphatic rings. The van der Waals surface area contributed by atoms with E-state index in [0.29, 0.717) is 10.6 Å². The van der Waals surface area contributed by atoms with Gasteiger partial charge in [-0.15, -0.1) is 0 Å². The molecule has 10 heteroatoms. The highest BCUT2D eigenvalue weighted by molar-refractivity contribution is 7.85. The van der Waals surface area contributed by atoms with E-state index in [-0.39, 0.29) is 24.5 Å². The number of rotatable bonds is 7. The molecular weight excluding hydrogens is 407 g/mol. The Hall–Kier alpha value is -1.35. The summed E-state index contributed by atoms with van der Waals surface area (Å²) in [7, 11) is -1.36. The van der Waals surface area contributed by atoms with Crippen molar-refractivity contribution in [1.82, 2.24) is 0 Å². The third-order valence-electron chi connectivity index (χ3n) is 4.63. The first-order valence-corrected chi connectivity index (χ1v) is 10.1. The van der Waals surface area contributed by atoms with Gasteiger partial charge in [0, 0.05) is 5.41 Å². The zero-order valence-corrected chi connectivity index (χ0v) is 16.7. The number of methoxy groups -OCH3 is 2. The van der Waals surface area contributed by atoms with Gasteiger partial charge >= 0.3 is 11.9 Å². The summed E-state index contributed by atoms with van der Waals surface area (Å²) in [4.78, 5) is 24.9. The van der Waals surface area contributed by atoms with Gasteiger partial charge in [0.15, 0.2) is 5.41 Å². The molecule has 1 atom stereocenters. The van der Waals surface area contributed by atoms with E-state index < -0.39 is 32.9 Å². The average molecular weight is 425 g/mol. The lowest BCUT2D eigenvalue weighted by atomic mass is 9.83. The molecular formula is C16H18Cl2O7S. The van der Waals surface area contributed by atoms with Crippen LogP contribution in [0.25, 0.3) is 0 Å². The summed E-state index contributed by atoms with van der Waals surface area (Å²) < 4.78 is 37.0. The molecule has 1 aromatic carbocycles. The van der Waals surface area contributed by atoms with Gasteiger partial charge in [-0.2, -0.15) is 8.42 Å². The zero-order chi connectivity index (χ0) is 19.8. The molecule has 0 N–H and O–H groups in total. The second-order valence-corrected chi connectivity index (χ2v) is 8.51. The summed E-state index contributed by atoms with van der Waals surface area (Å²) in [6.45, 7) is -0.227. The van der Waals surface area contributed by atoms with E-state index in [4.69, 9.17) is 36.9 Å². The summed E-state index contributed by atoms with van der Waals surface area (Å²) >= 11 is 12.0. The Morgan fingerprint density at radius 3 is 2.15 bits per heavy atom. The van der Waals surface area contributed by atoms with Crippen molar-refractivity contribution in [2.24, 2.45) is 5.41 Å². The Kier molecular flexibility index (Phi) is 5.92. The summed E-state index contributed by atoms with van der Waals surface area (Å²) in [5.41, 5.74) is -2.14. The Morgan fingerprint density at radius 2 is 1.69 bits per heavy atom. The summed E-state index contributed by atoms with van der Waals surface area (Å²) in [6.07, 6.45) is 1.05. The van der Waals surface area contributed by atoms with Gasteiger partial charge in [-0.3, -0.25) is 13.8 Å². The van der Waals surface area contributed by atoms with Crippen molar-refractivity contribution in [1.29, 1.82) is 0 Å². The van der Waals surface area contributed by atoms with Gasteiger partial charge in [-0.05, 0) is 30.5 Å². The van der Waals surface area contributed by atoms with Gasteiger partial charge in [-0.25, -0.2) is 0 Å². The van der Waals surface area contributed by atoms with Gasteiger partial charge in [0.05, 0.1) is 37.1 Å². The van der Waals surface area contributed by atoms with Crippen LogP contribution in [0, 0.1) is 5.41 Å². The van der Waals surface area contributed by atoms with E-state index >= 15 is 0 Å². The molecule has 0 amide bonds. The van der Waals surface area contributed by atoms with Crippen molar-refractivity contribution < 1.29 is 31.7 Å². The van der Waals surface area contributed by atoms with Gasteiger partial charge in [0.25, 0.3) is 10.1 Å². The molecule has 0 bridgehead atoms. The van der Waals surface area contributed by atoms with Crippen LogP contribution in [0.3, 0.4) is 0 Å². The van der Waals surface area contributed by atoms with Gasteiger partial charge in [-0.1, -0.05) is 29.3 Å². The molecule has 144 valence electrons. The zero-order valence-electron chi connectivity index (χ0n) is 14.4. The van der Waals surface area contributed by atoms with Crippen molar-refractivity contribution in [3.05, 3.63) is 33.8 Å². The molecule has 7 nitrogen and oxygen atoms in total. The normalized spacial score (nSPS) is 21.1. The predicted molar refractivity (Wildman–Crippen MR) is 94.6 cm³/mol. The van der Waals surface area contributed by atoms with E-state index in [1.165, 1.54) is 12.1 Å². The number of hydrogen-bond donors (Lipinski definition) is 0. The maximum absolute atomic E-state index is 12.5. The topological polar surface area (TPSA) is 96.0 Å². The van der Waals surface area contributed by atoms with Crippen molar-refractivity contribution in [3.63, 3.8) is 0 Å². The van der Waals surface area contributed by atoms with Crippen molar-refractivity contribution >= 4 is 45.3 Å². The highest BCUT2D eigenvalue weighted by Crippen LogP contribution is 2.68. The number of carbonyl (C=O) groups excluding carboxylic acids is 2. The van der Waals surface area contributed by atoms with E-state index in [0.717, 1.165) is 20.5 Å². The lowest BCUT2D eigenvalue weighted by molar-refractivity contribution is -0.162. The van der Waals surface area contributed by atoms with Crippen LogP contribution in [0.15, 0.2) is 18.2 Å². The molecule has 0 spiro atoms. The Labute approximate surface area is 161 Å². The molecule has 1 saturated carbocycles. The number of halogens is 2. The molecule has 2 rings (SSSR count). The summed E-state index contributed by atoms with van der Waals surface area (Å²) in [5.74, 6) is -1.54. The van der Waals surface area contributed by atoms with Crippen molar-refractivity contribution in [2.75, 3.05) is 27.1 Å². The van der Waals surface area contributed by atoms with Crippen LogP contribution in [-0.4, -0.2) is 47.4 Å². The number of carbonyl (C=O) groups is 2. The van der Waals surface area contributed by atoms with Crippen LogP contribution in [0.2, 0.25) is 10.0 Å². The molecule has 0 heterocycles. The van der Waals surface area contributed by atoms with Crippen LogP contribution in [0.1, 0.15) is 18.4 Å². The van der Waals surface area contributed by atoms with Gasteiger partial charge in [0.2, 0.25) is 0 Å². The molecule has 0 radical (unpaired) electrons. The number of esters is 2. The molecule has 1 aliphatic carbocycles. The monoisotopic (exact) mass is 424 g/mol. The van der Waals surface area contributed by atoms with Crippen LogP contribution >= 0.6 is 23.2 Å². The average Bonchev–Trinajstić information content (AvgIpc) is 3.26. The maximum Gasteiger partial charge on any atom is 0.324 e. The van der Waals surface area contributed by atoms with Gasteiger partial charge < -0.3 is 9.47 Å². The fourth-order valence-corrected chi connectivity index (χ4v) is 4.02. The molecule has 1 unspecified atom stereocenters. The maximum atomic E-state index is 12.5. The smallest absolute Gasteiger partial charge is 0.324 e. The second-order valence-electron chi connectivity index (χ2n) is 6.05. The van der Waals surface area contributed by atoms with Crippen LogP contribution in [0.4, 0.5) is 0 Å². The number of benzene rings is 1. The third-order valence-corrected chi connectivity index (χ3v) is 5.96. The standard InChI is InChI=1S/C16H18Cl2O7S/c1-23-13(19)16(14(20)24-2)9-15(16,6-7-25-26(3,21)22)10-4-5-11(17)12(18)8-10/h4-5,8H,6-7,9H2,1-3H3. The van der Waals surface area contributed by atoms with Gasteiger partial charge in [0.1, 0.15) is 0 Å². The fourth-order valence-electron chi connectivity index (χ4n) is 3.33. The lowest BCUT2D eigenvalue weighted by Crippen LogP contribution is -2.37. The molecule has 0 aliphatic heterocycles. The second kappa shape index (κ2) is 7.34.